The average Bonchev–Trinajstić information content (AvgIpc) is 3.11. The standard InChI is InChI=1S/C25H26N6O2/c32-22-25(21-10-5-2-6-11-21,18-20-8-3-1-4-9-20)28-24(33)31(22)19-29-14-16-30(17-15-29)23-26-12-7-13-27-23/h1-13H,14-19H2,(H,28,33)/t25-/m0/s1. The lowest BCUT2D eigenvalue weighted by Crippen LogP contribution is -2.52. The molecule has 2 aliphatic heterocycles. The van der Waals surface area contributed by atoms with Crippen molar-refractivity contribution in [1.82, 2.24) is 25.1 Å². The molecule has 8 heteroatoms. The molecule has 3 aromatic rings. The molecule has 5 rings (SSSR count). The minimum atomic E-state index is -1.11. The third kappa shape index (κ3) is 4.17. The van der Waals surface area contributed by atoms with Gasteiger partial charge in [0.25, 0.3) is 5.91 Å². The number of piperazine rings is 1. The van der Waals surface area contributed by atoms with Gasteiger partial charge in [0.1, 0.15) is 0 Å². The number of aromatic nitrogens is 2. The van der Waals surface area contributed by atoms with E-state index in [9.17, 15) is 9.59 Å². The summed E-state index contributed by atoms with van der Waals surface area (Å²) in [6.45, 7) is 3.17. The Bertz CT molecular complexity index is 1100. The Hall–Kier alpha value is -3.78. The van der Waals surface area contributed by atoms with Gasteiger partial charge in [-0.25, -0.2) is 19.7 Å². The molecule has 168 valence electrons. The fraction of sp³-hybridized carbons (Fsp3) is 0.280. The van der Waals surface area contributed by atoms with Gasteiger partial charge in [-0.3, -0.25) is 9.69 Å². The number of imide groups is 1. The van der Waals surface area contributed by atoms with Crippen LogP contribution in [-0.2, 0) is 16.8 Å². The zero-order valence-electron chi connectivity index (χ0n) is 18.3. The van der Waals surface area contributed by atoms with Crippen LogP contribution >= 0.6 is 0 Å². The molecule has 0 aliphatic carbocycles. The van der Waals surface area contributed by atoms with Crippen LogP contribution < -0.4 is 10.2 Å². The van der Waals surface area contributed by atoms with Gasteiger partial charge in [0.05, 0.1) is 6.67 Å². The zero-order valence-corrected chi connectivity index (χ0v) is 18.3. The molecule has 2 aliphatic rings. The number of hydrogen-bond acceptors (Lipinski definition) is 6. The smallest absolute Gasteiger partial charge is 0.326 e. The maximum atomic E-state index is 13.8. The highest BCUT2D eigenvalue weighted by molar-refractivity contribution is 6.07. The van der Waals surface area contributed by atoms with Crippen molar-refractivity contribution in [3.8, 4) is 0 Å². The molecule has 2 aromatic carbocycles. The van der Waals surface area contributed by atoms with Crippen molar-refractivity contribution in [2.75, 3.05) is 37.7 Å². The van der Waals surface area contributed by atoms with Crippen molar-refractivity contribution in [1.29, 1.82) is 0 Å². The summed E-state index contributed by atoms with van der Waals surface area (Å²) < 4.78 is 0. The fourth-order valence-electron chi connectivity index (χ4n) is 4.54. The van der Waals surface area contributed by atoms with Crippen LogP contribution in [0.5, 0.6) is 0 Å². The number of anilines is 1. The predicted molar refractivity (Wildman–Crippen MR) is 124 cm³/mol. The summed E-state index contributed by atoms with van der Waals surface area (Å²) in [5, 5.41) is 3.04. The first-order valence-electron chi connectivity index (χ1n) is 11.1. The topological polar surface area (TPSA) is 81.7 Å². The van der Waals surface area contributed by atoms with Crippen molar-refractivity contribution >= 4 is 17.9 Å². The molecule has 0 spiro atoms. The Kier molecular flexibility index (Phi) is 5.75. The van der Waals surface area contributed by atoms with E-state index in [2.05, 4.69) is 25.1 Å². The van der Waals surface area contributed by atoms with Crippen LogP contribution in [0.4, 0.5) is 10.7 Å². The Morgan fingerprint density at radius 2 is 1.45 bits per heavy atom. The monoisotopic (exact) mass is 442 g/mol. The normalized spacial score (nSPS) is 21.3. The van der Waals surface area contributed by atoms with Crippen LogP contribution in [0.2, 0.25) is 0 Å². The molecule has 0 bridgehead atoms. The van der Waals surface area contributed by atoms with Crippen LogP contribution in [0.15, 0.2) is 79.1 Å². The van der Waals surface area contributed by atoms with Crippen molar-refractivity contribution in [3.05, 3.63) is 90.3 Å². The number of rotatable bonds is 6. The number of urea groups is 1. The number of hydrogen-bond donors (Lipinski definition) is 1. The van der Waals surface area contributed by atoms with Crippen molar-refractivity contribution in [2.45, 2.75) is 12.0 Å². The zero-order chi connectivity index (χ0) is 22.7. The molecular weight excluding hydrogens is 416 g/mol. The maximum Gasteiger partial charge on any atom is 0.326 e. The first-order valence-corrected chi connectivity index (χ1v) is 11.1. The van der Waals surface area contributed by atoms with E-state index in [4.69, 9.17) is 0 Å². The van der Waals surface area contributed by atoms with Gasteiger partial charge in [0, 0.05) is 45.0 Å². The van der Waals surface area contributed by atoms with E-state index in [-0.39, 0.29) is 18.6 Å². The Labute approximate surface area is 192 Å². The summed E-state index contributed by atoms with van der Waals surface area (Å²) in [6.07, 6.45) is 3.87. The SMILES string of the molecule is O=C1N[C@@](Cc2ccccc2)(c2ccccc2)C(=O)N1CN1CCN(c2ncccn2)CC1. The minimum absolute atomic E-state index is 0.212. The molecule has 1 atom stereocenters. The van der Waals surface area contributed by atoms with Gasteiger partial charge in [-0.05, 0) is 17.2 Å². The average molecular weight is 443 g/mol. The highest BCUT2D eigenvalue weighted by atomic mass is 16.2. The molecule has 1 aromatic heterocycles. The van der Waals surface area contributed by atoms with Gasteiger partial charge >= 0.3 is 6.03 Å². The second-order valence-electron chi connectivity index (χ2n) is 8.39. The van der Waals surface area contributed by atoms with Gasteiger partial charge in [-0.1, -0.05) is 60.7 Å². The molecule has 0 radical (unpaired) electrons. The van der Waals surface area contributed by atoms with Crippen molar-refractivity contribution in [3.63, 3.8) is 0 Å². The third-order valence-electron chi connectivity index (χ3n) is 6.30. The molecule has 3 amide bonds. The Morgan fingerprint density at radius 1 is 0.818 bits per heavy atom. The summed E-state index contributed by atoms with van der Waals surface area (Å²) in [4.78, 5) is 41.1. The van der Waals surface area contributed by atoms with Crippen LogP contribution in [0.1, 0.15) is 11.1 Å². The molecule has 0 unspecified atom stereocenters. The summed E-state index contributed by atoms with van der Waals surface area (Å²) in [7, 11) is 0. The van der Waals surface area contributed by atoms with Crippen molar-refractivity contribution in [2.24, 2.45) is 0 Å². The first-order chi connectivity index (χ1) is 16.2. The molecule has 8 nitrogen and oxygen atoms in total. The van der Waals surface area contributed by atoms with Gasteiger partial charge in [0.15, 0.2) is 5.54 Å². The van der Waals surface area contributed by atoms with E-state index in [0.29, 0.717) is 25.5 Å². The van der Waals surface area contributed by atoms with Gasteiger partial charge < -0.3 is 10.2 Å². The number of carbonyl (C=O) groups is 2. The lowest BCUT2D eigenvalue weighted by molar-refractivity contribution is -0.133. The second kappa shape index (κ2) is 8.99. The van der Waals surface area contributed by atoms with E-state index in [1.54, 1.807) is 18.5 Å². The number of nitrogens with zero attached hydrogens (tertiary/aromatic N) is 5. The van der Waals surface area contributed by atoms with Gasteiger partial charge in [0.2, 0.25) is 5.95 Å². The van der Waals surface area contributed by atoms with Crippen molar-refractivity contribution < 1.29 is 9.59 Å². The number of carbonyl (C=O) groups excluding carboxylic acids is 2. The van der Waals surface area contributed by atoms with Gasteiger partial charge in [-0.2, -0.15) is 0 Å². The second-order valence-corrected chi connectivity index (χ2v) is 8.39. The van der Waals surface area contributed by atoms with E-state index >= 15 is 0 Å². The van der Waals surface area contributed by atoms with Gasteiger partial charge in [-0.15, -0.1) is 0 Å². The predicted octanol–water partition coefficient (Wildman–Crippen LogP) is 2.25. The lowest BCUT2D eigenvalue weighted by Gasteiger charge is -2.36. The largest absolute Gasteiger partial charge is 0.338 e. The highest BCUT2D eigenvalue weighted by Gasteiger charge is 2.52. The number of amides is 3. The summed E-state index contributed by atoms with van der Waals surface area (Å²) in [5.74, 6) is 0.495. The van der Waals surface area contributed by atoms with Crippen LogP contribution in [0.25, 0.3) is 0 Å². The molecule has 33 heavy (non-hydrogen) atoms. The van der Waals surface area contributed by atoms with E-state index in [0.717, 1.165) is 24.2 Å². The molecule has 0 saturated carbocycles. The Balaban J connectivity index is 1.33. The number of benzene rings is 2. The van der Waals surface area contributed by atoms with E-state index in [1.165, 1.54) is 4.90 Å². The van der Waals surface area contributed by atoms with E-state index < -0.39 is 5.54 Å². The minimum Gasteiger partial charge on any atom is -0.338 e. The van der Waals surface area contributed by atoms with Crippen LogP contribution in [0, 0.1) is 0 Å². The van der Waals surface area contributed by atoms with Crippen LogP contribution in [0.3, 0.4) is 0 Å². The van der Waals surface area contributed by atoms with Crippen LogP contribution in [-0.4, -0.2) is 64.6 Å². The van der Waals surface area contributed by atoms with E-state index in [1.807, 2.05) is 60.7 Å². The maximum absolute atomic E-state index is 13.8. The molecule has 3 heterocycles. The quantitative estimate of drug-likeness (QED) is 0.590. The summed E-state index contributed by atoms with van der Waals surface area (Å²) >= 11 is 0. The third-order valence-corrected chi connectivity index (χ3v) is 6.30. The first kappa shape index (κ1) is 21.1. The summed E-state index contributed by atoms with van der Waals surface area (Å²) in [6, 6.07) is 20.8. The lowest BCUT2D eigenvalue weighted by atomic mass is 9.83. The number of nitrogens with one attached hydrogen (secondary N) is 1. The molecule has 1 N–H and O–H groups in total. The molecule has 2 fully saturated rings. The molecular formula is C25H26N6O2. The highest BCUT2D eigenvalue weighted by Crippen LogP contribution is 2.33. The summed E-state index contributed by atoms with van der Waals surface area (Å²) in [5.41, 5.74) is 0.674. The molecule has 2 saturated heterocycles. The fourth-order valence-corrected chi connectivity index (χ4v) is 4.54. The Morgan fingerprint density at radius 3 is 2.12 bits per heavy atom.